The predicted molar refractivity (Wildman–Crippen MR) is 292 cm³/mol. The molecule has 11 atom stereocenters. The fourth-order valence-corrected chi connectivity index (χ4v) is 16.7. The van der Waals surface area contributed by atoms with E-state index in [1.54, 1.807) is 13.2 Å². The first-order valence-corrected chi connectivity index (χ1v) is 29.5. The number of hydrogen-bond acceptors (Lipinski definition) is 15. The average Bonchev–Trinajstić information content (AvgIpc) is 4.02. The Morgan fingerprint density at radius 1 is 1.00 bits per heavy atom. The monoisotopic (exact) mass is 1050 g/mol. The van der Waals surface area contributed by atoms with E-state index < -0.39 is 42.3 Å². The molecule has 3 aromatic rings. The second-order valence-corrected chi connectivity index (χ2v) is 24.8. The number of rotatable bonds is 6. The molecule has 0 radical (unpaired) electrons. The van der Waals surface area contributed by atoms with Crippen LogP contribution in [-0.2, 0) is 32.6 Å². The summed E-state index contributed by atoms with van der Waals surface area (Å²) in [5.41, 5.74) is 15.5. The van der Waals surface area contributed by atoms with Gasteiger partial charge in [0.1, 0.15) is 42.0 Å². The lowest BCUT2D eigenvalue weighted by molar-refractivity contribution is -0.141. The van der Waals surface area contributed by atoms with Crippen LogP contribution in [0, 0.1) is 41.4 Å². The molecule has 3 aliphatic carbocycles. The minimum atomic E-state index is -0.776. The van der Waals surface area contributed by atoms with Gasteiger partial charge in [-0.1, -0.05) is 70.2 Å². The number of carbonyl (C=O) groups is 1. The van der Waals surface area contributed by atoms with Gasteiger partial charge in [-0.25, -0.2) is 0 Å². The number of phenols is 2. The van der Waals surface area contributed by atoms with Crippen LogP contribution in [0.1, 0.15) is 128 Å². The topological polar surface area (TPSA) is 186 Å². The molecule has 6 aliphatic heterocycles. The number of allylic oxidation sites excluding steroid dienone is 3. The molecule has 9 aliphatic rings. The molecular weight excluding hydrogens is 985 g/mol. The van der Waals surface area contributed by atoms with Crippen molar-refractivity contribution in [3.05, 3.63) is 92.7 Å². The first-order chi connectivity index (χ1) is 36.6. The normalized spacial score (nSPS) is 31.0. The molecule has 8 N–H and O–H groups in total. The van der Waals surface area contributed by atoms with Gasteiger partial charge in [-0.15, -0.1) is 5.92 Å². The van der Waals surface area contributed by atoms with E-state index in [9.17, 15) is 20.1 Å². The number of aromatic hydroxyl groups is 2. The molecular formula is C60H68N4O9S2. The van der Waals surface area contributed by atoms with Crippen LogP contribution in [-0.4, -0.2) is 90.8 Å². The van der Waals surface area contributed by atoms with Crippen LogP contribution in [0.2, 0.25) is 0 Å². The molecule has 0 amide bonds. The van der Waals surface area contributed by atoms with Crippen molar-refractivity contribution in [3.8, 4) is 63.6 Å². The van der Waals surface area contributed by atoms with Crippen LogP contribution in [0.3, 0.4) is 0 Å². The Balaban J connectivity index is 1.14. The van der Waals surface area contributed by atoms with Crippen molar-refractivity contribution in [2.75, 3.05) is 45.2 Å². The number of nitrogens with two attached hydrogens (primary N) is 1. The third kappa shape index (κ3) is 9.70. The first-order valence-electron chi connectivity index (χ1n) is 27.0. The summed E-state index contributed by atoms with van der Waals surface area (Å²) in [6.45, 7) is 2.40. The van der Waals surface area contributed by atoms with Gasteiger partial charge in [0.2, 0.25) is 0 Å². The lowest BCUT2D eigenvalue weighted by atomic mass is 9.65. The maximum absolute atomic E-state index is 13.2. The Kier molecular flexibility index (Phi) is 14.4. The highest BCUT2D eigenvalue weighted by molar-refractivity contribution is 8.76. The largest absolute Gasteiger partial charge is 0.508 e. The number of benzene rings is 3. The number of esters is 1. The smallest absolute Gasteiger partial charge is 0.302 e. The lowest BCUT2D eigenvalue weighted by Crippen LogP contribution is -2.49. The van der Waals surface area contributed by atoms with Crippen molar-refractivity contribution in [2.45, 2.75) is 132 Å². The maximum Gasteiger partial charge on any atom is 0.302 e. The van der Waals surface area contributed by atoms with Gasteiger partial charge in [0.25, 0.3) is 0 Å². The number of hydrogen-bond donors (Lipinski definition) is 7. The Bertz CT molecular complexity index is 2990. The molecule has 3 fully saturated rings. The molecule has 11 unspecified atom stereocenters. The zero-order valence-electron chi connectivity index (χ0n) is 42.8. The van der Waals surface area contributed by atoms with E-state index in [2.05, 4.69) is 70.0 Å². The third-order valence-corrected chi connectivity index (χ3v) is 19.9. The number of methoxy groups -OCH3 is 1. The number of fused-ring (bicyclic) bond motifs is 10. The zero-order valence-corrected chi connectivity index (χ0v) is 44.4. The fraction of sp³-hybridized carbons (Fsp3) is 0.517. The van der Waals surface area contributed by atoms with E-state index in [0.717, 1.165) is 107 Å². The number of ether oxygens (including phenoxy) is 5. The Morgan fingerprint density at radius 3 is 2.76 bits per heavy atom. The molecule has 13 nitrogen and oxygen atoms in total. The number of phenolic OH excluding ortho intramolecular Hbond substituents is 2. The minimum Gasteiger partial charge on any atom is -0.508 e. The highest BCUT2D eigenvalue weighted by Gasteiger charge is 2.52. The molecule has 1 saturated heterocycles. The number of aliphatic hydroxyl groups excluding tert-OH is 1. The van der Waals surface area contributed by atoms with Gasteiger partial charge in [-0.2, -0.15) is 0 Å². The van der Waals surface area contributed by atoms with Gasteiger partial charge in [-0.05, 0) is 122 Å². The molecule has 3 aromatic carbocycles. The summed E-state index contributed by atoms with van der Waals surface area (Å²) in [5, 5.41) is 45.9. The van der Waals surface area contributed by atoms with E-state index >= 15 is 0 Å². The molecule has 75 heavy (non-hydrogen) atoms. The van der Waals surface area contributed by atoms with Crippen molar-refractivity contribution < 1.29 is 43.8 Å². The lowest BCUT2D eigenvalue weighted by Gasteiger charge is -2.39. The molecule has 6 heterocycles. The second-order valence-electron chi connectivity index (χ2n) is 22.2. The molecule has 0 aromatic heterocycles. The summed E-state index contributed by atoms with van der Waals surface area (Å²) in [6.07, 6.45) is 17.0. The second kappa shape index (κ2) is 21.3. The van der Waals surface area contributed by atoms with Crippen LogP contribution in [0.5, 0.6) is 28.7 Å². The van der Waals surface area contributed by atoms with Crippen molar-refractivity contribution in [2.24, 2.45) is 23.5 Å². The highest BCUT2D eigenvalue weighted by Crippen LogP contribution is 2.64. The van der Waals surface area contributed by atoms with Gasteiger partial charge in [0, 0.05) is 96.0 Å². The SMILES string of the molecule is COCC1CC#CC2C#CC3=C(C=CC(N)N3)CC3CCC4(Cc5cc(O)cc(OCO)c5-c5ccc6c(c54)OC(c4c5c(c(O)c(c42)CNCC1)OC1CSSCC2CCCC(C2)NC1C=C5)C6COC(C)=O)C3. The van der Waals surface area contributed by atoms with Gasteiger partial charge < -0.3 is 60.7 Å². The van der Waals surface area contributed by atoms with Gasteiger partial charge >= 0.3 is 5.97 Å². The number of dihydropyridines is 1. The fourth-order valence-electron chi connectivity index (χ4n) is 14.0. The first kappa shape index (κ1) is 50.6. The van der Waals surface area contributed by atoms with E-state index in [4.69, 9.17) is 29.4 Å². The van der Waals surface area contributed by atoms with Crippen LogP contribution in [0.4, 0.5) is 0 Å². The van der Waals surface area contributed by atoms with E-state index in [0.29, 0.717) is 72.9 Å². The molecule has 6 bridgehead atoms. The molecule has 2 saturated carbocycles. The Labute approximate surface area is 447 Å². The molecule has 15 heteroatoms. The third-order valence-electron chi connectivity index (χ3n) is 17.3. The number of carbonyl (C=O) groups excluding carboxylic acids is 1. The van der Waals surface area contributed by atoms with Crippen LogP contribution in [0.25, 0.3) is 17.2 Å². The van der Waals surface area contributed by atoms with Crippen LogP contribution >= 0.6 is 21.6 Å². The zero-order chi connectivity index (χ0) is 51.4. The molecule has 12 rings (SSSR count). The van der Waals surface area contributed by atoms with Gasteiger partial charge in [0.15, 0.2) is 18.3 Å². The molecule has 394 valence electrons. The highest BCUT2D eigenvalue weighted by atomic mass is 33.1. The maximum atomic E-state index is 13.2. The van der Waals surface area contributed by atoms with Gasteiger partial charge in [0.05, 0.1) is 23.8 Å². The van der Waals surface area contributed by atoms with E-state index in [-0.39, 0.29) is 42.1 Å². The standard InChI is InChI=1S/C60H68N4O9S2/c1-33(66)70-29-46-42-11-12-43-52-39(23-41(67)24-49(52)71-32-65)26-60-19-17-35(25-60)21-38-10-16-51(61)64-47(38)14-9-37-7-3-5-34(28-69-2)18-20-62-27-45-53(37)54(57(46)73-58(42)55(43)60)44-13-15-48-50(72-59(44)56(45)68)31-75-74-30-36-6-4-8-40(22-36)63-48/h10-13,15-16,23-24,34-37,40,46,48,50-51,57,62-65,67-68H,4-6,8,17-22,25-32,61H2,1-2H3. The summed E-state index contributed by atoms with van der Waals surface area (Å²) in [7, 11) is 5.49. The summed E-state index contributed by atoms with van der Waals surface area (Å²) in [4.78, 5) is 13.1. The Morgan fingerprint density at radius 2 is 1.89 bits per heavy atom. The average molecular weight is 1050 g/mol. The van der Waals surface area contributed by atoms with Crippen molar-refractivity contribution in [1.29, 1.82) is 0 Å². The summed E-state index contributed by atoms with van der Waals surface area (Å²) in [5.74, 6) is 17.5. The minimum absolute atomic E-state index is 0.0205. The summed E-state index contributed by atoms with van der Waals surface area (Å²) in [6, 6.07) is 7.83. The Hall–Kier alpha value is -5.23. The van der Waals surface area contributed by atoms with Crippen LogP contribution in [0.15, 0.2) is 53.8 Å². The van der Waals surface area contributed by atoms with E-state index in [1.165, 1.54) is 19.8 Å². The van der Waals surface area contributed by atoms with Gasteiger partial charge in [-0.3, -0.25) is 4.79 Å². The summed E-state index contributed by atoms with van der Waals surface area (Å²) < 4.78 is 32.9. The predicted octanol–water partition coefficient (Wildman–Crippen LogP) is 8.49. The van der Waals surface area contributed by atoms with Crippen molar-refractivity contribution >= 4 is 33.6 Å². The van der Waals surface area contributed by atoms with Crippen molar-refractivity contribution in [3.63, 3.8) is 0 Å². The quantitative estimate of drug-likeness (QED) is 0.0539. The van der Waals surface area contributed by atoms with Crippen LogP contribution < -0.4 is 35.9 Å². The number of aliphatic hydroxyl groups is 1. The summed E-state index contributed by atoms with van der Waals surface area (Å²) >= 11 is 0. The number of nitrogens with one attached hydrogen (secondary N) is 3. The van der Waals surface area contributed by atoms with E-state index in [1.807, 2.05) is 33.7 Å². The molecule has 1 spiro atoms. The van der Waals surface area contributed by atoms with Crippen molar-refractivity contribution in [1.82, 2.24) is 16.0 Å².